The zero-order valence-electron chi connectivity index (χ0n) is 16.3. The lowest BCUT2D eigenvalue weighted by Crippen LogP contribution is -2.24. The van der Waals surface area contributed by atoms with E-state index in [4.69, 9.17) is 9.47 Å². The van der Waals surface area contributed by atoms with E-state index in [2.05, 4.69) is 0 Å². The molecule has 4 nitrogen and oxygen atoms in total. The van der Waals surface area contributed by atoms with Crippen molar-refractivity contribution >= 4 is 0 Å². The first-order valence-corrected chi connectivity index (χ1v) is 9.38. The third-order valence-electron chi connectivity index (χ3n) is 5.06. The van der Waals surface area contributed by atoms with Gasteiger partial charge in [-0.1, -0.05) is 12.1 Å². The summed E-state index contributed by atoms with van der Waals surface area (Å²) < 4.78 is 37.4. The van der Waals surface area contributed by atoms with Crippen LogP contribution in [0.5, 0.6) is 11.5 Å². The van der Waals surface area contributed by atoms with Gasteiger partial charge in [0.2, 0.25) is 0 Å². The van der Waals surface area contributed by atoms with Crippen LogP contribution in [0.2, 0.25) is 0 Å². The minimum absolute atomic E-state index is 0.0475. The van der Waals surface area contributed by atoms with Crippen LogP contribution in [0, 0.1) is 23.5 Å². The molecule has 0 aliphatic heterocycles. The van der Waals surface area contributed by atoms with Gasteiger partial charge in [0.15, 0.2) is 23.1 Å². The maximum atomic E-state index is 13.7. The number of rotatable bonds is 11. The second kappa shape index (κ2) is 11.0. The fraction of sp³-hybridized carbons (Fsp3) is 0.455. The molecule has 0 aliphatic rings. The molecule has 0 spiro atoms. The largest absolute Gasteiger partial charge is 0.494 e. The molecule has 0 aliphatic carbocycles. The summed E-state index contributed by atoms with van der Waals surface area (Å²) in [7, 11) is 2.83. The fourth-order valence-corrected chi connectivity index (χ4v) is 3.51. The summed E-state index contributed by atoms with van der Waals surface area (Å²) in [5, 5.41) is 19.3. The van der Waals surface area contributed by atoms with Gasteiger partial charge in [0.05, 0.1) is 14.2 Å². The minimum Gasteiger partial charge on any atom is -0.494 e. The van der Waals surface area contributed by atoms with Crippen LogP contribution >= 0.6 is 0 Å². The molecule has 0 fully saturated rings. The van der Waals surface area contributed by atoms with Crippen LogP contribution in [0.25, 0.3) is 0 Å². The predicted molar refractivity (Wildman–Crippen MR) is 104 cm³/mol. The number of hydrogen-bond donors (Lipinski definition) is 2. The molecule has 2 aromatic rings. The number of aliphatic hydroxyl groups excluding tert-OH is 2. The molecule has 6 heteroatoms. The molecule has 0 saturated heterocycles. The van der Waals surface area contributed by atoms with Crippen LogP contribution in [0.3, 0.4) is 0 Å². The van der Waals surface area contributed by atoms with E-state index in [-0.39, 0.29) is 36.5 Å². The smallest absolute Gasteiger partial charge is 0.165 e. The highest BCUT2D eigenvalue weighted by Gasteiger charge is 2.23. The Morgan fingerprint density at radius 2 is 1.32 bits per heavy atom. The third-order valence-corrected chi connectivity index (χ3v) is 5.06. The number of ether oxygens (including phenoxy) is 2. The average Bonchev–Trinajstić information content (AvgIpc) is 2.71. The van der Waals surface area contributed by atoms with Crippen molar-refractivity contribution < 1.29 is 28.5 Å². The van der Waals surface area contributed by atoms with Gasteiger partial charge in [-0.05, 0) is 72.9 Å². The van der Waals surface area contributed by atoms with Crippen molar-refractivity contribution in [3.8, 4) is 11.5 Å². The summed E-state index contributed by atoms with van der Waals surface area (Å²) in [6.07, 6.45) is 2.47. The van der Waals surface area contributed by atoms with E-state index in [1.807, 2.05) is 0 Å². The maximum Gasteiger partial charge on any atom is 0.165 e. The van der Waals surface area contributed by atoms with Crippen molar-refractivity contribution in [2.75, 3.05) is 27.4 Å². The maximum absolute atomic E-state index is 13.7. The molecular weight excluding hydrogens is 366 g/mol. The molecule has 154 valence electrons. The first kappa shape index (κ1) is 22.1. The zero-order chi connectivity index (χ0) is 20.5. The van der Waals surface area contributed by atoms with Crippen molar-refractivity contribution in [3.05, 3.63) is 59.2 Å². The van der Waals surface area contributed by atoms with Crippen molar-refractivity contribution in [1.82, 2.24) is 0 Å². The first-order chi connectivity index (χ1) is 13.5. The minimum atomic E-state index is -0.429. The monoisotopic (exact) mass is 394 g/mol. The Kier molecular flexibility index (Phi) is 8.67. The third kappa shape index (κ3) is 5.91. The highest BCUT2D eigenvalue weighted by atomic mass is 19.1. The van der Waals surface area contributed by atoms with Gasteiger partial charge in [0, 0.05) is 13.2 Å². The number of methoxy groups -OCH3 is 2. The molecule has 2 N–H and O–H groups in total. The summed E-state index contributed by atoms with van der Waals surface area (Å²) in [5.41, 5.74) is 1.76. The fourth-order valence-electron chi connectivity index (χ4n) is 3.51. The topological polar surface area (TPSA) is 58.9 Å². The van der Waals surface area contributed by atoms with Gasteiger partial charge in [-0.15, -0.1) is 0 Å². The van der Waals surface area contributed by atoms with Crippen LogP contribution in [0.1, 0.15) is 24.0 Å². The van der Waals surface area contributed by atoms with E-state index in [1.165, 1.54) is 26.4 Å². The quantitative estimate of drug-likeness (QED) is 0.609. The number of benzene rings is 2. The summed E-state index contributed by atoms with van der Waals surface area (Å²) >= 11 is 0. The number of halogens is 2. The van der Waals surface area contributed by atoms with E-state index in [1.54, 1.807) is 24.3 Å². The van der Waals surface area contributed by atoms with Gasteiger partial charge in [-0.2, -0.15) is 0 Å². The molecule has 0 unspecified atom stereocenters. The normalized spacial score (nSPS) is 13.2. The molecule has 28 heavy (non-hydrogen) atoms. The van der Waals surface area contributed by atoms with Crippen molar-refractivity contribution in [1.29, 1.82) is 0 Å². The van der Waals surface area contributed by atoms with E-state index in [0.717, 1.165) is 11.1 Å². The Bertz CT molecular complexity index is 751. The lowest BCUT2D eigenvalue weighted by atomic mass is 9.80. The molecule has 0 amide bonds. The number of aliphatic hydroxyl groups is 2. The highest BCUT2D eigenvalue weighted by Crippen LogP contribution is 2.29. The molecule has 2 aromatic carbocycles. The van der Waals surface area contributed by atoms with Crippen molar-refractivity contribution in [2.24, 2.45) is 11.8 Å². The van der Waals surface area contributed by atoms with Crippen molar-refractivity contribution in [3.63, 3.8) is 0 Å². The SMILES string of the molecule is COc1cc(C[C@@H](CO)[C@H](CCCO)Cc2ccc(F)c(OC)c2)ccc1F. The van der Waals surface area contributed by atoms with E-state index < -0.39 is 11.6 Å². The average molecular weight is 394 g/mol. The molecule has 2 rings (SSSR count). The van der Waals surface area contributed by atoms with Gasteiger partial charge in [-0.25, -0.2) is 8.78 Å². The number of hydrogen-bond acceptors (Lipinski definition) is 4. The molecule has 2 atom stereocenters. The van der Waals surface area contributed by atoms with Crippen LogP contribution < -0.4 is 9.47 Å². The van der Waals surface area contributed by atoms with Crippen LogP contribution in [0.4, 0.5) is 8.78 Å². The van der Waals surface area contributed by atoms with Crippen molar-refractivity contribution in [2.45, 2.75) is 25.7 Å². The van der Waals surface area contributed by atoms with Gasteiger partial charge in [0.25, 0.3) is 0 Å². The Morgan fingerprint density at radius 3 is 1.75 bits per heavy atom. The molecular formula is C22H28F2O4. The first-order valence-electron chi connectivity index (χ1n) is 9.38. The molecule has 0 saturated carbocycles. The Hall–Kier alpha value is -2.18. The Balaban J connectivity index is 2.21. The van der Waals surface area contributed by atoms with Gasteiger partial charge in [0.1, 0.15) is 0 Å². The van der Waals surface area contributed by atoms with Gasteiger partial charge < -0.3 is 19.7 Å². The highest BCUT2D eigenvalue weighted by molar-refractivity contribution is 5.32. The second-order valence-electron chi connectivity index (χ2n) is 6.91. The lowest BCUT2D eigenvalue weighted by molar-refractivity contribution is 0.158. The Labute approximate surface area is 164 Å². The lowest BCUT2D eigenvalue weighted by Gasteiger charge is -2.26. The molecule has 0 bridgehead atoms. The summed E-state index contributed by atoms with van der Waals surface area (Å²) in [6, 6.07) is 9.43. The van der Waals surface area contributed by atoms with Crippen LogP contribution in [-0.2, 0) is 12.8 Å². The second-order valence-corrected chi connectivity index (χ2v) is 6.91. The van der Waals surface area contributed by atoms with E-state index in [0.29, 0.717) is 25.7 Å². The van der Waals surface area contributed by atoms with E-state index >= 15 is 0 Å². The Morgan fingerprint density at radius 1 is 0.821 bits per heavy atom. The summed E-state index contributed by atoms with van der Waals surface area (Å²) in [5.74, 6) is -0.537. The molecule has 0 aromatic heterocycles. The predicted octanol–water partition coefficient (Wildman–Crippen LogP) is 3.76. The van der Waals surface area contributed by atoms with Crippen LogP contribution in [0.15, 0.2) is 36.4 Å². The van der Waals surface area contributed by atoms with Gasteiger partial charge >= 0.3 is 0 Å². The molecule has 0 heterocycles. The van der Waals surface area contributed by atoms with Gasteiger partial charge in [-0.3, -0.25) is 0 Å². The van der Waals surface area contributed by atoms with E-state index in [9.17, 15) is 19.0 Å². The summed E-state index contributed by atoms with van der Waals surface area (Å²) in [4.78, 5) is 0. The standard InChI is InChI=1S/C22H28F2O4/c1-27-21-12-15(5-7-19(21)23)10-17(4-3-9-25)18(14-26)11-16-6-8-20(24)22(13-16)28-2/h5-8,12-13,17-18,25-26H,3-4,9-11,14H2,1-2H3/t17-,18+/m1/s1. The zero-order valence-corrected chi connectivity index (χ0v) is 16.3. The summed E-state index contributed by atoms with van der Waals surface area (Å²) in [6.45, 7) is 0.0138. The molecule has 0 radical (unpaired) electrons. The van der Waals surface area contributed by atoms with Crippen LogP contribution in [-0.4, -0.2) is 37.6 Å².